The minimum Gasteiger partial charge on any atom is -0.408 e. The van der Waals surface area contributed by atoms with E-state index in [0.717, 1.165) is 5.56 Å². The molecular weight excluding hydrogens is 246 g/mol. The Balaban J connectivity index is 2.07. The molecule has 0 bridgehead atoms. The Morgan fingerprint density at radius 1 is 1.53 bits per heavy atom. The van der Waals surface area contributed by atoms with Gasteiger partial charge in [-0.05, 0) is 17.7 Å². The SMILES string of the molecule is Cn1c(=O)oc2cc(C(N)C3(C#N)COC3)ccc21. The first kappa shape index (κ1) is 12.0. The summed E-state index contributed by atoms with van der Waals surface area (Å²) in [6, 6.07) is 7.09. The van der Waals surface area contributed by atoms with Crippen molar-refractivity contribution in [3.8, 4) is 6.07 Å². The van der Waals surface area contributed by atoms with Crippen LogP contribution in [0.3, 0.4) is 0 Å². The zero-order chi connectivity index (χ0) is 13.6. The molecule has 0 saturated carbocycles. The van der Waals surface area contributed by atoms with E-state index in [-0.39, 0.29) is 0 Å². The van der Waals surface area contributed by atoms with Crippen LogP contribution in [0, 0.1) is 16.7 Å². The van der Waals surface area contributed by atoms with Gasteiger partial charge in [-0.25, -0.2) is 4.79 Å². The zero-order valence-corrected chi connectivity index (χ0v) is 10.4. The molecule has 1 fully saturated rings. The molecule has 3 rings (SSSR count). The molecule has 2 aromatic rings. The summed E-state index contributed by atoms with van der Waals surface area (Å²) in [7, 11) is 1.64. The summed E-state index contributed by atoms with van der Waals surface area (Å²) in [5, 5.41) is 9.24. The van der Waals surface area contributed by atoms with Gasteiger partial charge in [0.2, 0.25) is 0 Å². The van der Waals surface area contributed by atoms with Crippen LogP contribution in [0.25, 0.3) is 11.1 Å². The average molecular weight is 259 g/mol. The minimum absolute atomic E-state index is 0.335. The van der Waals surface area contributed by atoms with Crippen LogP contribution in [0.4, 0.5) is 0 Å². The van der Waals surface area contributed by atoms with Crippen molar-refractivity contribution in [3.63, 3.8) is 0 Å². The van der Waals surface area contributed by atoms with Gasteiger partial charge in [-0.15, -0.1) is 0 Å². The highest BCUT2D eigenvalue weighted by Crippen LogP contribution is 2.38. The highest BCUT2D eigenvalue weighted by Gasteiger charge is 2.45. The Morgan fingerprint density at radius 3 is 2.84 bits per heavy atom. The molecule has 1 unspecified atom stereocenters. The fraction of sp³-hybridized carbons (Fsp3) is 0.385. The summed E-state index contributed by atoms with van der Waals surface area (Å²) in [6.07, 6.45) is 0. The predicted octanol–water partition coefficient (Wildman–Crippen LogP) is 0.671. The molecule has 1 aliphatic heterocycles. The standard InChI is InChI=1S/C13H13N3O3/c1-16-9-3-2-8(4-10(9)19-12(16)17)11(15)13(5-14)6-18-7-13/h2-4,11H,6-7,15H2,1H3. The zero-order valence-electron chi connectivity index (χ0n) is 10.4. The summed E-state index contributed by atoms with van der Waals surface area (Å²) < 4.78 is 11.7. The van der Waals surface area contributed by atoms with E-state index in [0.29, 0.717) is 24.3 Å². The molecule has 2 N–H and O–H groups in total. The second kappa shape index (κ2) is 3.95. The Labute approximate surface area is 109 Å². The van der Waals surface area contributed by atoms with Crippen molar-refractivity contribution in [2.45, 2.75) is 6.04 Å². The lowest BCUT2D eigenvalue weighted by Gasteiger charge is -2.39. The van der Waals surface area contributed by atoms with Crippen molar-refractivity contribution in [1.29, 1.82) is 5.26 Å². The molecule has 0 amide bonds. The minimum atomic E-state index is -0.678. The summed E-state index contributed by atoms with van der Waals surface area (Å²) in [5.74, 6) is -0.414. The molecule has 98 valence electrons. The number of hydrogen-bond acceptors (Lipinski definition) is 5. The maximum absolute atomic E-state index is 11.4. The van der Waals surface area contributed by atoms with Gasteiger partial charge in [0.25, 0.3) is 0 Å². The molecule has 1 aromatic heterocycles. The second-order valence-corrected chi connectivity index (χ2v) is 4.89. The molecule has 0 spiro atoms. The lowest BCUT2D eigenvalue weighted by atomic mass is 9.77. The van der Waals surface area contributed by atoms with E-state index in [1.54, 1.807) is 19.2 Å². The molecule has 19 heavy (non-hydrogen) atoms. The van der Waals surface area contributed by atoms with Crippen LogP contribution in [0.2, 0.25) is 0 Å². The van der Waals surface area contributed by atoms with Crippen LogP contribution >= 0.6 is 0 Å². The van der Waals surface area contributed by atoms with Gasteiger partial charge in [-0.3, -0.25) is 4.57 Å². The molecule has 6 heteroatoms. The molecule has 2 heterocycles. The van der Waals surface area contributed by atoms with Crippen molar-refractivity contribution >= 4 is 11.1 Å². The molecule has 6 nitrogen and oxygen atoms in total. The van der Waals surface area contributed by atoms with Gasteiger partial charge in [-0.2, -0.15) is 5.26 Å². The number of nitriles is 1. The van der Waals surface area contributed by atoms with Crippen LogP contribution in [-0.4, -0.2) is 17.8 Å². The van der Waals surface area contributed by atoms with E-state index in [1.165, 1.54) is 4.57 Å². The van der Waals surface area contributed by atoms with Crippen LogP contribution in [-0.2, 0) is 11.8 Å². The van der Waals surface area contributed by atoms with E-state index in [1.807, 2.05) is 6.07 Å². The van der Waals surface area contributed by atoms with E-state index in [9.17, 15) is 10.1 Å². The lowest BCUT2D eigenvalue weighted by molar-refractivity contribution is -0.0910. The Bertz CT molecular complexity index is 734. The first-order chi connectivity index (χ1) is 9.07. The van der Waals surface area contributed by atoms with Gasteiger partial charge < -0.3 is 14.9 Å². The third-order valence-electron chi connectivity index (χ3n) is 3.71. The van der Waals surface area contributed by atoms with E-state index in [2.05, 4.69) is 6.07 Å². The number of aromatic nitrogens is 1. The number of hydrogen-bond donors (Lipinski definition) is 1. The van der Waals surface area contributed by atoms with Gasteiger partial charge in [0.05, 0.1) is 30.8 Å². The lowest BCUT2D eigenvalue weighted by Crippen LogP contribution is -2.49. The maximum atomic E-state index is 11.4. The number of nitrogens with zero attached hydrogens (tertiary/aromatic N) is 2. The average Bonchev–Trinajstić information content (AvgIpc) is 2.64. The van der Waals surface area contributed by atoms with Crippen molar-refractivity contribution in [2.75, 3.05) is 13.2 Å². The van der Waals surface area contributed by atoms with Crippen LogP contribution < -0.4 is 11.5 Å². The quantitative estimate of drug-likeness (QED) is 0.855. The van der Waals surface area contributed by atoms with Gasteiger partial charge in [-0.1, -0.05) is 6.07 Å². The molecule has 0 radical (unpaired) electrons. The third kappa shape index (κ3) is 1.59. The van der Waals surface area contributed by atoms with Crippen molar-refractivity contribution in [3.05, 3.63) is 34.3 Å². The predicted molar refractivity (Wildman–Crippen MR) is 67.2 cm³/mol. The fourth-order valence-corrected chi connectivity index (χ4v) is 2.30. The fourth-order valence-electron chi connectivity index (χ4n) is 2.30. The van der Waals surface area contributed by atoms with Gasteiger partial charge in [0.15, 0.2) is 5.58 Å². The number of fused-ring (bicyclic) bond motifs is 1. The largest absolute Gasteiger partial charge is 0.419 e. The Kier molecular flexibility index (Phi) is 2.49. The number of aryl methyl sites for hydroxylation is 1. The van der Waals surface area contributed by atoms with Crippen molar-refractivity contribution < 1.29 is 9.15 Å². The molecule has 1 atom stereocenters. The number of oxazole rings is 1. The molecule has 1 saturated heterocycles. The molecule has 1 aliphatic rings. The number of nitrogens with two attached hydrogens (primary N) is 1. The number of rotatable bonds is 2. The number of ether oxygens (including phenoxy) is 1. The summed E-state index contributed by atoms with van der Waals surface area (Å²) in [5.41, 5.74) is 7.43. The number of benzene rings is 1. The normalized spacial score (nSPS) is 18.8. The van der Waals surface area contributed by atoms with Crippen molar-refractivity contribution in [1.82, 2.24) is 4.57 Å². The smallest absolute Gasteiger partial charge is 0.408 e. The Morgan fingerprint density at radius 2 is 2.26 bits per heavy atom. The molecule has 0 aliphatic carbocycles. The van der Waals surface area contributed by atoms with Gasteiger partial charge in [0, 0.05) is 7.05 Å². The van der Waals surface area contributed by atoms with Crippen LogP contribution in [0.15, 0.2) is 27.4 Å². The van der Waals surface area contributed by atoms with Gasteiger partial charge in [0.1, 0.15) is 5.41 Å². The second-order valence-electron chi connectivity index (χ2n) is 4.89. The summed E-state index contributed by atoms with van der Waals surface area (Å²) in [6.45, 7) is 0.670. The van der Waals surface area contributed by atoms with Crippen LogP contribution in [0.1, 0.15) is 11.6 Å². The monoisotopic (exact) mass is 259 g/mol. The third-order valence-corrected chi connectivity index (χ3v) is 3.71. The van der Waals surface area contributed by atoms with Crippen LogP contribution in [0.5, 0.6) is 0 Å². The molecule has 1 aromatic carbocycles. The first-order valence-corrected chi connectivity index (χ1v) is 5.91. The maximum Gasteiger partial charge on any atom is 0.419 e. The highest BCUT2D eigenvalue weighted by molar-refractivity contribution is 5.73. The summed E-state index contributed by atoms with van der Waals surface area (Å²) >= 11 is 0. The first-order valence-electron chi connectivity index (χ1n) is 5.91. The van der Waals surface area contributed by atoms with Crippen molar-refractivity contribution in [2.24, 2.45) is 18.2 Å². The Hall–Kier alpha value is -2.10. The molecular formula is C13H13N3O3. The van der Waals surface area contributed by atoms with E-state index in [4.69, 9.17) is 14.9 Å². The van der Waals surface area contributed by atoms with E-state index < -0.39 is 17.2 Å². The topological polar surface area (TPSA) is 94.2 Å². The van der Waals surface area contributed by atoms with Gasteiger partial charge >= 0.3 is 5.76 Å². The summed E-state index contributed by atoms with van der Waals surface area (Å²) in [4.78, 5) is 11.4. The highest BCUT2D eigenvalue weighted by atomic mass is 16.5. The van der Waals surface area contributed by atoms with E-state index >= 15 is 0 Å².